The second-order valence-electron chi connectivity index (χ2n) is 31.2. The minimum atomic E-state index is 0.899. The number of hydrogen-bond acceptors (Lipinski definition) is 6. The molecule has 0 saturated carbocycles. The van der Waals surface area contributed by atoms with Gasteiger partial charge in [0.1, 0.15) is 0 Å². The molecular weight excluding hydrogens is 1270 g/mol. The standard InChI is InChI=1S/3C33H22N2/c1-3-7-27-19(5-1)9-21-15-31-23(13-29(21)27)11-25-17-34-18-26-12-24-14-30-22(16-32(24)35(31)33(25)26)10-20-6-2-4-8-28(20)30;2*1-3-7-26-19(5-1)11-22-17-31-24(14-28(22)26)13-21-9-10-34-30-16-25-15-29-23(18-32(25)35(31)33(21)30)12-20-6-2-4-8-27(20)29/h1-8,13-18H,9-12H2;2*1-10,14-15,17-18H,11-13,16H2. The van der Waals surface area contributed by atoms with E-state index in [0.717, 1.165) is 77.0 Å². The molecule has 12 aliphatic rings. The molecule has 6 aliphatic heterocycles. The molecule has 0 saturated heterocycles. The molecule has 0 bridgehead atoms. The minimum Gasteiger partial charge on any atom is -0.309 e. The van der Waals surface area contributed by atoms with Gasteiger partial charge in [0.2, 0.25) is 0 Å². The zero-order valence-corrected chi connectivity index (χ0v) is 57.9. The Morgan fingerprint density at radius 1 is 0.181 bits per heavy atom. The van der Waals surface area contributed by atoms with E-state index in [2.05, 4.69) is 263 Å². The fraction of sp³-hybridized carbons (Fsp3) is 0.121. The van der Waals surface area contributed by atoms with Gasteiger partial charge in [-0.25, -0.2) is 0 Å². The number of rotatable bonds is 0. The van der Waals surface area contributed by atoms with Crippen LogP contribution in [-0.2, 0) is 77.0 Å². The van der Waals surface area contributed by atoms with Crippen LogP contribution in [0.1, 0.15) is 134 Å². The SMILES string of the molecule is c1ccc2c(c1)Cc1cc3c(cc1-2)Cc1ccnc2c1N3c1cc3c(cc1C2)-c1ccccc1C3.c1ccc2c(c1)Cc1cc3c(cc1-2)Cc1ccnc2c1N3c1cc3c(cc1C2)-c1ccccc1C3.c1ccc2c(c1)Cc1cc3c(cc1-2)Cc1cncc2c1N3c1cc3c(cc1C2)-c1ccccc1C3. The molecule has 6 aliphatic carbocycles. The van der Waals surface area contributed by atoms with Crippen molar-refractivity contribution in [1.82, 2.24) is 15.0 Å². The molecule has 0 unspecified atom stereocenters. The quantitative estimate of drug-likeness (QED) is 0.151. The van der Waals surface area contributed by atoms with Crippen LogP contribution in [0.25, 0.3) is 66.8 Å². The van der Waals surface area contributed by atoms with Crippen LogP contribution < -0.4 is 14.7 Å². The zero-order chi connectivity index (χ0) is 68.0. The van der Waals surface area contributed by atoms with Gasteiger partial charge in [-0.1, -0.05) is 146 Å². The molecule has 492 valence electrons. The second-order valence-corrected chi connectivity index (χ2v) is 31.2. The highest BCUT2D eigenvalue weighted by molar-refractivity contribution is 5.98. The summed E-state index contributed by atoms with van der Waals surface area (Å²) in [6.45, 7) is 0. The fourth-order valence-corrected chi connectivity index (χ4v) is 21.0. The normalized spacial score (nSPS) is 14.9. The first-order chi connectivity index (χ1) is 51.9. The summed E-state index contributed by atoms with van der Waals surface area (Å²) in [6.07, 6.45) is 19.9. The van der Waals surface area contributed by atoms with Crippen molar-refractivity contribution in [3.05, 3.63) is 389 Å². The highest BCUT2D eigenvalue weighted by atomic mass is 15.2. The average molecular weight is 1340 g/mol. The summed E-state index contributed by atoms with van der Waals surface area (Å²) < 4.78 is 0. The fourth-order valence-electron chi connectivity index (χ4n) is 21.0. The molecule has 105 heavy (non-hydrogen) atoms. The Bertz CT molecular complexity index is 5530. The monoisotopic (exact) mass is 1340 g/mol. The Hall–Kier alpha value is -12.5. The summed E-state index contributed by atoms with van der Waals surface area (Å²) in [6, 6.07) is 87.4. The van der Waals surface area contributed by atoms with Crippen LogP contribution in [0.4, 0.5) is 51.2 Å². The molecule has 6 heteroatoms. The molecule has 9 heterocycles. The van der Waals surface area contributed by atoms with Crippen LogP contribution in [0.5, 0.6) is 0 Å². The Balaban J connectivity index is 0.0000000914. The Kier molecular flexibility index (Phi) is 11.5. The van der Waals surface area contributed by atoms with Gasteiger partial charge in [-0.05, 0) is 313 Å². The van der Waals surface area contributed by atoms with Gasteiger partial charge >= 0.3 is 0 Å². The molecule has 6 nitrogen and oxygen atoms in total. The van der Waals surface area contributed by atoms with Crippen LogP contribution in [0.3, 0.4) is 0 Å². The van der Waals surface area contributed by atoms with Gasteiger partial charge in [-0.3, -0.25) is 15.0 Å². The molecule has 0 N–H and O–H groups in total. The molecule has 0 spiro atoms. The van der Waals surface area contributed by atoms with E-state index >= 15 is 0 Å². The first-order valence-electron chi connectivity index (χ1n) is 37.7. The van der Waals surface area contributed by atoms with Crippen molar-refractivity contribution < 1.29 is 0 Å². The summed E-state index contributed by atoms with van der Waals surface area (Å²) in [7, 11) is 0. The smallest absolute Gasteiger partial charge is 0.0716 e. The van der Waals surface area contributed by atoms with Crippen LogP contribution in [0.15, 0.2) is 255 Å². The Morgan fingerprint density at radius 3 is 0.686 bits per heavy atom. The van der Waals surface area contributed by atoms with Gasteiger partial charge in [0.15, 0.2) is 0 Å². The Labute approximate surface area is 609 Å². The molecule has 12 aromatic carbocycles. The van der Waals surface area contributed by atoms with Crippen molar-refractivity contribution in [3.63, 3.8) is 0 Å². The summed E-state index contributed by atoms with van der Waals surface area (Å²) in [5.74, 6) is 0. The maximum atomic E-state index is 4.89. The third kappa shape index (κ3) is 8.17. The number of anilines is 9. The lowest BCUT2D eigenvalue weighted by Crippen LogP contribution is -2.25. The maximum Gasteiger partial charge on any atom is 0.0716 e. The summed E-state index contributed by atoms with van der Waals surface area (Å²) >= 11 is 0. The van der Waals surface area contributed by atoms with Gasteiger partial charge < -0.3 is 14.7 Å². The second kappa shape index (κ2) is 21.1. The summed E-state index contributed by atoms with van der Waals surface area (Å²) in [4.78, 5) is 22.1. The van der Waals surface area contributed by atoms with Gasteiger partial charge in [-0.15, -0.1) is 0 Å². The van der Waals surface area contributed by atoms with Crippen molar-refractivity contribution in [2.45, 2.75) is 77.0 Å². The zero-order valence-electron chi connectivity index (χ0n) is 57.9. The third-order valence-corrected chi connectivity index (χ3v) is 25.5. The van der Waals surface area contributed by atoms with Crippen molar-refractivity contribution in [1.29, 1.82) is 0 Å². The van der Waals surface area contributed by atoms with E-state index in [9.17, 15) is 0 Å². The molecular formula is C99H66N6. The lowest BCUT2D eigenvalue weighted by molar-refractivity contribution is 0.958. The first kappa shape index (κ1) is 57.1. The number of pyridine rings is 3. The van der Waals surface area contributed by atoms with Gasteiger partial charge in [0, 0.05) is 63.3 Å². The molecule has 15 aromatic rings. The van der Waals surface area contributed by atoms with Gasteiger partial charge in [-0.2, -0.15) is 0 Å². The average Bonchev–Trinajstić information content (AvgIpc) is 1.63. The van der Waals surface area contributed by atoms with E-state index in [4.69, 9.17) is 9.97 Å². The van der Waals surface area contributed by atoms with Crippen LogP contribution >= 0.6 is 0 Å². The van der Waals surface area contributed by atoms with Crippen LogP contribution in [-0.4, -0.2) is 15.0 Å². The van der Waals surface area contributed by atoms with Crippen molar-refractivity contribution in [2.24, 2.45) is 0 Å². The predicted octanol–water partition coefficient (Wildman–Crippen LogP) is 22.5. The molecule has 3 aromatic heterocycles. The predicted molar refractivity (Wildman–Crippen MR) is 423 cm³/mol. The first-order valence-corrected chi connectivity index (χ1v) is 37.7. The molecule has 0 fully saturated rings. The molecule has 0 atom stereocenters. The maximum absolute atomic E-state index is 4.89. The lowest BCUT2D eigenvalue weighted by Gasteiger charge is -2.39. The number of fused-ring (bicyclic) bond motifs is 30. The topological polar surface area (TPSA) is 48.4 Å². The van der Waals surface area contributed by atoms with E-state index in [1.807, 2.05) is 12.4 Å². The largest absolute Gasteiger partial charge is 0.309 e. The van der Waals surface area contributed by atoms with Crippen molar-refractivity contribution >= 4 is 51.2 Å². The molecule has 27 rings (SSSR count). The minimum absolute atomic E-state index is 0.899. The highest BCUT2D eigenvalue weighted by Gasteiger charge is 2.40. The number of nitrogens with zero attached hydrogens (tertiary/aromatic N) is 6. The molecule has 0 amide bonds. The number of aromatic nitrogens is 3. The number of benzene rings is 12. The molecule has 0 radical (unpaired) electrons. The van der Waals surface area contributed by atoms with Gasteiger partial charge in [0.05, 0.1) is 62.6 Å². The lowest BCUT2D eigenvalue weighted by atomic mass is 9.85. The van der Waals surface area contributed by atoms with E-state index < -0.39 is 0 Å². The van der Waals surface area contributed by atoms with E-state index in [1.165, 1.54) is 252 Å². The third-order valence-electron chi connectivity index (χ3n) is 25.5. The Morgan fingerprint density at radius 2 is 0.410 bits per heavy atom. The van der Waals surface area contributed by atoms with E-state index in [0.29, 0.717) is 0 Å². The highest BCUT2D eigenvalue weighted by Crippen LogP contribution is 2.59. The van der Waals surface area contributed by atoms with E-state index in [-0.39, 0.29) is 0 Å². The summed E-state index contributed by atoms with van der Waals surface area (Å²) in [5.41, 5.74) is 62.6. The van der Waals surface area contributed by atoms with Crippen molar-refractivity contribution in [3.8, 4) is 66.8 Å². The van der Waals surface area contributed by atoms with Crippen LogP contribution in [0.2, 0.25) is 0 Å². The number of hydrogen-bond donors (Lipinski definition) is 0. The van der Waals surface area contributed by atoms with Gasteiger partial charge in [0.25, 0.3) is 0 Å². The van der Waals surface area contributed by atoms with Crippen molar-refractivity contribution in [2.75, 3.05) is 14.7 Å². The summed E-state index contributed by atoms with van der Waals surface area (Å²) in [5, 5.41) is 0. The van der Waals surface area contributed by atoms with Crippen LogP contribution in [0, 0.1) is 0 Å². The van der Waals surface area contributed by atoms with E-state index in [1.54, 1.807) is 0 Å².